The van der Waals surface area contributed by atoms with Gasteiger partial charge in [0, 0.05) is 17.6 Å². The van der Waals surface area contributed by atoms with E-state index in [0.717, 1.165) is 12.1 Å². The minimum Gasteiger partial charge on any atom is -0.360 e. The highest BCUT2D eigenvalue weighted by atomic mass is 16.1. The first-order valence-corrected chi connectivity index (χ1v) is 8.40. The van der Waals surface area contributed by atoms with Crippen LogP contribution in [0.1, 0.15) is 37.8 Å². The molecule has 0 aliphatic rings. The highest BCUT2D eigenvalue weighted by Crippen LogP contribution is 2.17. The number of nitrogens with zero attached hydrogens (tertiary/aromatic N) is 1. The Morgan fingerprint density at radius 2 is 1.68 bits per heavy atom. The van der Waals surface area contributed by atoms with Crippen molar-refractivity contribution in [1.82, 2.24) is 0 Å². The molecule has 0 radical (unpaired) electrons. The van der Waals surface area contributed by atoms with Gasteiger partial charge in [0.1, 0.15) is 11.6 Å². The SMILES string of the molecule is CCc1ccc(N/C=C(/C#N)C(=O)Nc2ccc(C(C)C)cc2)cc1. The van der Waals surface area contributed by atoms with Crippen LogP contribution in [0.3, 0.4) is 0 Å². The smallest absolute Gasteiger partial charge is 0.267 e. The van der Waals surface area contributed by atoms with Crippen molar-refractivity contribution in [2.75, 3.05) is 10.6 Å². The third-order valence-corrected chi connectivity index (χ3v) is 3.95. The van der Waals surface area contributed by atoms with Gasteiger partial charge in [-0.3, -0.25) is 4.79 Å². The molecule has 0 aliphatic heterocycles. The van der Waals surface area contributed by atoms with Crippen LogP contribution in [0.25, 0.3) is 0 Å². The number of aryl methyl sites for hydroxylation is 1. The fourth-order valence-electron chi connectivity index (χ4n) is 2.29. The van der Waals surface area contributed by atoms with Gasteiger partial charge in [0.15, 0.2) is 0 Å². The zero-order valence-corrected chi connectivity index (χ0v) is 14.8. The number of nitrogens with one attached hydrogen (secondary N) is 2. The lowest BCUT2D eigenvalue weighted by Crippen LogP contribution is -2.14. The third-order valence-electron chi connectivity index (χ3n) is 3.95. The van der Waals surface area contributed by atoms with Crippen LogP contribution in [0, 0.1) is 11.3 Å². The van der Waals surface area contributed by atoms with Crippen molar-refractivity contribution in [2.24, 2.45) is 0 Å². The van der Waals surface area contributed by atoms with Gasteiger partial charge in [-0.2, -0.15) is 5.26 Å². The highest BCUT2D eigenvalue weighted by molar-refractivity contribution is 6.06. The van der Waals surface area contributed by atoms with Gasteiger partial charge in [-0.1, -0.05) is 45.0 Å². The predicted octanol–water partition coefficient (Wildman–Crippen LogP) is 4.83. The van der Waals surface area contributed by atoms with Crippen molar-refractivity contribution in [3.05, 3.63) is 71.4 Å². The maximum Gasteiger partial charge on any atom is 0.267 e. The molecule has 0 aliphatic carbocycles. The van der Waals surface area contributed by atoms with Crippen LogP contribution in [0.5, 0.6) is 0 Å². The summed E-state index contributed by atoms with van der Waals surface area (Å²) < 4.78 is 0. The van der Waals surface area contributed by atoms with Crippen molar-refractivity contribution in [1.29, 1.82) is 5.26 Å². The molecule has 1 amide bonds. The molecule has 25 heavy (non-hydrogen) atoms. The normalized spacial score (nSPS) is 11.1. The lowest BCUT2D eigenvalue weighted by molar-refractivity contribution is -0.112. The molecule has 128 valence electrons. The van der Waals surface area contributed by atoms with Gasteiger partial charge in [0.2, 0.25) is 0 Å². The highest BCUT2D eigenvalue weighted by Gasteiger charge is 2.09. The summed E-state index contributed by atoms with van der Waals surface area (Å²) in [5, 5.41) is 15.0. The van der Waals surface area contributed by atoms with Crippen molar-refractivity contribution in [3.63, 3.8) is 0 Å². The Balaban J connectivity index is 2.03. The molecule has 0 spiro atoms. The third kappa shape index (κ3) is 5.22. The van der Waals surface area contributed by atoms with E-state index in [1.165, 1.54) is 17.3 Å². The van der Waals surface area contributed by atoms with E-state index in [-0.39, 0.29) is 5.57 Å². The molecule has 4 heteroatoms. The second-order valence-electron chi connectivity index (χ2n) is 6.10. The zero-order valence-electron chi connectivity index (χ0n) is 14.8. The number of amides is 1. The molecule has 2 rings (SSSR count). The van der Waals surface area contributed by atoms with Crippen molar-refractivity contribution in [2.45, 2.75) is 33.1 Å². The van der Waals surface area contributed by atoms with Crippen molar-refractivity contribution >= 4 is 17.3 Å². The van der Waals surface area contributed by atoms with E-state index in [2.05, 4.69) is 31.4 Å². The fraction of sp³-hybridized carbons (Fsp3) is 0.238. The minimum atomic E-state index is -0.433. The average Bonchev–Trinajstić information content (AvgIpc) is 2.63. The molecular formula is C21H23N3O. The molecule has 0 atom stereocenters. The first-order chi connectivity index (χ1) is 12.0. The number of hydrogen-bond acceptors (Lipinski definition) is 3. The summed E-state index contributed by atoms with van der Waals surface area (Å²) in [6, 6.07) is 17.4. The van der Waals surface area contributed by atoms with Crippen LogP contribution in [-0.4, -0.2) is 5.91 Å². The summed E-state index contributed by atoms with van der Waals surface area (Å²) in [6.45, 7) is 6.32. The zero-order chi connectivity index (χ0) is 18.2. The topological polar surface area (TPSA) is 64.9 Å². The van der Waals surface area contributed by atoms with Crippen LogP contribution in [0.4, 0.5) is 11.4 Å². The second kappa shape index (κ2) is 8.70. The molecule has 2 aromatic carbocycles. The molecule has 0 aromatic heterocycles. The molecule has 0 unspecified atom stereocenters. The summed E-state index contributed by atoms with van der Waals surface area (Å²) in [7, 11) is 0. The number of rotatable bonds is 6. The maximum atomic E-state index is 12.2. The summed E-state index contributed by atoms with van der Waals surface area (Å²) in [4.78, 5) is 12.2. The number of benzene rings is 2. The minimum absolute atomic E-state index is 0.0208. The molecule has 0 bridgehead atoms. The number of nitriles is 1. The number of anilines is 2. The first kappa shape index (κ1) is 18.3. The molecule has 2 N–H and O–H groups in total. The van der Waals surface area contributed by atoms with E-state index < -0.39 is 5.91 Å². The van der Waals surface area contributed by atoms with Gasteiger partial charge in [-0.25, -0.2) is 0 Å². The molecule has 0 saturated heterocycles. The van der Waals surface area contributed by atoms with E-state index >= 15 is 0 Å². The lowest BCUT2D eigenvalue weighted by atomic mass is 10.0. The van der Waals surface area contributed by atoms with Gasteiger partial charge in [0.05, 0.1) is 0 Å². The average molecular weight is 333 g/mol. The van der Waals surface area contributed by atoms with Crippen LogP contribution < -0.4 is 10.6 Å². The Bertz CT molecular complexity index is 781. The van der Waals surface area contributed by atoms with Crippen LogP contribution in [-0.2, 0) is 11.2 Å². The predicted molar refractivity (Wildman–Crippen MR) is 102 cm³/mol. The molecule has 0 heterocycles. The van der Waals surface area contributed by atoms with E-state index in [4.69, 9.17) is 0 Å². The van der Waals surface area contributed by atoms with Crippen LogP contribution in [0.2, 0.25) is 0 Å². The fourth-order valence-corrected chi connectivity index (χ4v) is 2.29. The van der Waals surface area contributed by atoms with E-state index in [9.17, 15) is 10.1 Å². The Labute approximate surface area is 149 Å². The van der Waals surface area contributed by atoms with Gasteiger partial charge < -0.3 is 10.6 Å². The van der Waals surface area contributed by atoms with Gasteiger partial charge in [-0.15, -0.1) is 0 Å². The van der Waals surface area contributed by atoms with Gasteiger partial charge >= 0.3 is 0 Å². The van der Waals surface area contributed by atoms with Crippen molar-refractivity contribution < 1.29 is 4.79 Å². The second-order valence-corrected chi connectivity index (χ2v) is 6.10. The first-order valence-electron chi connectivity index (χ1n) is 8.40. The molecule has 4 nitrogen and oxygen atoms in total. The summed E-state index contributed by atoms with van der Waals surface area (Å²) >= 11 is 0. The van der Waals surface area contributed by atoms with E-state index in [1.54, 1.807) is 0 Å². The Kier molecular flexibility index (Phi) is 6.36. The van der Waals surface area contributed by atoms with Crippen LogP contribution in [0.15, 0.2) is 60.3 Å². The molecule has 2 aromatic rings. The van der Waals surface area contributed by atoms with Crippen molar-refractivity contribution in [3.8, 4) is 6.07 Å². The Hall–Kier alpha value is -3.06. The summed E-state index contributed by atoms with van der Waals surface area (Å²) in [6.07, 6.45) is 2.40. The molecular weight excluding hydrogens is 310 g/mol. The number of carbonyl (C=O) groups excluding carboxylic acids is 1. The molecule has 0 fully saturated rings. The quantitative estimate of drug-likeness (QED) is 0.588. The summed E-state index contributed by atoms with van der Waals surface area (Å²) in [5.74, 6) is 0.0000822. The van der Waals surface area contributed by atoms with Gasteiger partial charge in [-0.05, 0) is 47.7 Å². The maximum absolute atomic E-state index is 12.2. The monoisotopic (exact) mass is 333 g/mol. The molecule has 0 saturated carbocycles. The van der Waals surface area contributed by atoms with E-state index in [1.807, 2.05) is 54.6 Å². The number of carbonyl (C=O) groups is 1. The Morgan fingerprint density at radius 1 is 1.08 bits per heavy atom. The van der Waals surface area contributed by atoms with Crippen LogP contribution >= 0.6 is 0 Å². The summed E-state index contributed by atoms with van der Waals surface area (Å²) in [5.41, 5.74) is 3.96. The van der Waals surface area contributed by atoms with Gasteiger partial charge in [0.25, 0.3) is 5.91 Å². The Morgan fingerprint density at radius 3 is 2.20 bits per heavy atom. The van der Waals surface area contributed by atoms with E-state index in [0.29, 0.717) is 11.6 Å². The number of hydrogen-bond donors (Lipinski definition) is 2. The lowest BCUT2D eigenvalue weighted by Gasteiger charge is -2.08. The standard InChI is InChI=1S/C21H23N3O/c1-4-16-5-9-19(10-6-16)23-14-18(13-22)21(25)24-20-11-7-17(8-12-20)15(2)3/h5-12,14-15,23H,4H2,1-3H3,(H,24,25)/b18-14-. The largest absolute Gasteiger partial charge is 0.360 e.